The van der Waals surface area contributed by atoms with Gasteiger partial charge in [0, 0.05) is 19.2 Å². The average molecular weight is 386 g/mol. The maximum absolute atomic E-state index is 13.9. The highest BCUT2D eigenvalue weighted by molar-refractivity contribution is 5.94. The van der Waals surface area contributed by atoms with E-state index in [-0.39, 0.29) is 17.9 Å². The topological polar surface area (TPSA) is 49.9 Å². The molecule has 0 unspecified atom stereocenters. The van der Waals surface area contributed by atoms with Crippen molar-refractivity contribution in [3.8, 4) is 0 Å². The van der Waals surface area contributed by atoms with E-state index in [1.54, 1.807) is 0 Å². The van der Waals surface area contributed by atoms with E-state index >= 15 is 0 Å². The number of hydrogen-bond donors (Lipinski definition) is 0. The Balaban J connectivity index is 1.39. The number of piperidine rings is 1. The molecule has 2 amide bonds. The monoisotopic (exact) mass is 386 g/mol. The molecular weight excluding hydrogens is 366 g/mol. The number of carbonyl (C=O) groups excluding carboxylic acids is 2. The molecule has 0 atom stereocenters. The maximum Gasteiger partial charge on any atom is 0.256 e. The number of benzene rings is 2. The summed E-state index contributed by atoms with van der Waals surface area (Å²) in [5, 5.41) is 1.40. The summed E-state index contributed by atoms with van der Waals surface area (Å²) in [6, 6.07) is 12.5. The van der Waals surface area contributed by atoms with Crippen molar-refractivity contribution in [2.45, 2.75) is 31.4 Å². The summed E-state index contributed by atoms with van der Waals surface area (Å²) in [6.45, 7) is 1.08. The van der Waals surface area contributed by atoms with Gasteiger partial charge in [-0.05, 0) is 30.5 Å². The van der Waals surface area contributed by atoms with Crippen molar-refractivity contribution in [1.82, 2.24) is 9.96 Å². The van der Waals surface area contributed by atoms with Gasteiger partial charge in [-0.15, -0.1) is 0 Å². The van der Waals surface area contributed by atoms with Crippen molar-refractivity contribution in [2.75, 3.05) is 13.1 Å². The Morgan fingerprint density at radius 1 is 1.07 bits per heavy atom. The quantitative estimate of drug-likeness (QED) is 0.813. The number of amides is 2. The van der Waals surface area contributed by atoms with Gasteiger partial charge in [0.15, 0.2) is 0 Å². The van der Waals surface area contributed by atoms with Crippen molar-refractivity contribution in [3.63, 3.8) is 0 Å². The number of nitrogens with zero attached hydrogens (tertiary/aromatic N) is 2. The lowest BCUT2D eigenvalue weighted by Crippen LogP contribution is -2.47. The zero-order valence-corrected chi connectivity index (χ0v) is 15.2. The Morgan fingerprint density at radius 2 is 1.79 bits per heavy atom. The van der Waals surface area contributed by atoms with Crippen molar-refractivity contribution < 1.29 is 23.2 Å². The lowest BCUT2D eigenvalue weighted by molar-refractivity contribution is -0.213. The summed E-state index contributed by atoms with van der Waals surface area (Å²) in [7, 11) is 0. The van der Waals surface area contributed by atoms with Crippen molar-refractivity contribution in [1.29, 1.82) is 0 Å². The number of halogens is 2. The summed E-state index contributed by atoms with van der Waals surface area (Å²) in [5.41, 5.74) is 0.211. The summed E-state index contributed by atoms with van der Waals surface area (Å²) >= 11 is 0. The van der Waals surface area contributed by atoms with E-state index in [1.165, 1.54) is 9.96 Å². The zero-order chi connectivity index (χ0) is 19.7. The highest BCUT2D eigenvalue weighted by Gasteiger charge is 2.47. The first-order valence-electron chi connectivity index (χ1n) is 9.24. The first-order valence-corrected chi connectivity index (χ1v) is 9.24. The van der Waals surface area contributed by atoms with E-state index in [9.17, 15) is 18.4 Å². The first-order chi connectivity index (χ1) is 13.5. The number of rotatable bonds is 3. The minimum absolute atomic E-state index is 0.0757. The van der Waals surface area contributed by atoms with E-state index < -0.39 is 23.1 Å². The Bertz CT molecular complexity index is 896. The molecule has 2 fully saturated rings. The van der Waals surface area contributed by atoms with Crippen LogP contribution in [0.15, 0.2) is 48.5 Å². The Kier molecular flexibility index (Phi) is 4.85. The van der Waals surface area contributed by atoms with Gasteiger partial charge in [0.25, 0.3) is 5.91 Å². The van der Waals surface area contributed by atoms with Gasteiger partial charge >= 0.3 is 0 Å². The van der Waals surface area contributed by atoms with Gasteiger partial charge in [-0.25, -0.2) is 13.8 Å². The molecule has 0 radical (unpaired) electrons. The third-order valence-electron chi connectivity index (χ3n) is 5.35. The van der Waals surface area contributed by atoms with Crippen molar-refractivity contribution >= 4 is 11.8 Å². The van der Waals surface area contributed by atoms with Crippen LogP contribution >= 0.6 is 0 Å². The Labute approximate surface area is 161 Å². The molecule has 7 heteroatoms. The molecule has 2 saturated heterocycles. The highest BCUT2D eigenvalue weighted by atomic mass is 19.1. The van der Waals surface area contributed by atoms with E-state index in [4.69, 9.17) is 4.84 Å². The third kappa shape index (κ3) is 3.62. The second kappa shape index (κ2) is 7.31. The normalized spacial score (nSPS) is 18.7. The van der Waals surface area contributed by atoms with Crippen LogP contribution in [-0.4, -0.2) is 40.5 Å². The average Bonchev–Trinajstić information content (AvgIpc) is 2.97. The standard InChI is InChI=1S/C21H20F2N2O3/c22-16-6-7-17(18(23)12-16)20(27)24-10-8-21(9-11-24)13-19(26)25(28-21)14-15-4-2-1-3-5-15/h1-7,12H,8-11,13-14H2. The van der Waals surface area contributed by atoms with Crippen molar-refractivity contribution in [3.05, 3.63) is 71.3 Å². The van der Waals surface area contributed by atoms with Crippen LogP contribution in [0.25, 0.3) is 0 Å². The van der Waals surface area contributed by atoms with Crippen LogP contribution < -0.4 is 0 Å². The van der Waals surface area contributed by atoms with Gasteiger partial charge in [0.05, 0.1) is 18.5 Å². The van der Waals surface area contributed by atoms with E-state index in [2.05, 4.69) is 0 Å². The van der Waals surface area contributed by atoms with Crippen molar-refractivity contribution in [2.24, 2.45) is 0 Å². The smallest absolute Gasteiger partial charge is 0.256 e. The molecule has 2 heterocycles. The minimum Gasteiger partial charge on any atom is -0.338 e. The molecular formula is C21H20F2N2O3. The molecule has 4 rings (SSSR count). The predicted molar refractivity (Wildman–Crippen MR) is 96.9 cm³/mol. The first kappa shape index (κ1) is 18.6. The predicted octanol–water partition coefficient (Wildman–Crippen LogP) is 3.30. The van der Waals surface area contributed by atoms with Crippen LogP contribution in [-0.2, 0) is 16.2 Å². The molecule has 0 N–H and O–H groups in total. The second-order valence-electron chi connectivity index (χ2n) is 7.28. The van der Waals surface area contributed by atoms with E-state index in [0.717, 1.165) is 17.7 Å². The molecule has 146 valence electrons. The third-order valence-corrected chi connectivity index (χ3v) is 5.35. The zero-order valence-electron chi connectivity index (χ0n) is 15.2. The number of carbonyl (C=O) groups is 2. The molecule has 0 aliphatic carbocycles. The largest absolute Gasteiger partial charge is 0.338 e. The molecule has 0 saturated carbocycles. The Morgan fingerprint density at radius 3 is 2.46 bits per heavy atom. The SMILES string of the molecule is O=C(c1ccc(F)cc1F)N1CCC2(CC1)CC(=O)N(Cc1ccccc1)O2. The molecule has 5 nitrogen and oxygen atoms in total. The number of hydrogen-bond acceptors (Lipinski definition) is 3. The molecule has 2 aliphatic heterocycles. The molecule has 2 aliphatic rings. The number of hydroxylamine groups is 2. The van der Waals surface area contributed by atoms with Gasteiger partial charge in [-0.3, -0.25) is 14.4 Å². The molecule has 0 bridgehead atoms. The van der Waals surface area contributed by atoms with Gasteiger partial charge in [0.1, 0.15) is 17.2 Å². The van der Waals surface area contributed by atoms with Crippen LogP contribution in [0.4, 0.5) is 8.78 Å². The summed E-state index contributed by atoms with van der Waals surface area (Å²) in [6.07, 6.45) is 1.24. The summed E-state index contributed by atoms with van der Waals surface area (Å²) in [5.74, 6) is -2.14. The molecule has 0 aromatic heterocycles. The minimum atomic E-state index is -0.869. The summed E-state index contributed by atoms with van der Waals surface area (Å²) in [4.78, 5) is 32.5. The fourth-order valence-corrected chi connectivity index (χ4v) is 3.77. The van der Waals surface area contributed by atoms with Crippen LogP contribution in [0.3, 0.4) is 0 Å². The lowest BCUT2D eigenvalue weighted by Gasteiger charge is -2.37. The van der Waals surface area contributed by atoms with E-state index in [0.29, 0.717) is 38.5 Å². The van der Waals surface area contributed by atoms with Gasteiger partial charge in [-0.2, -0.15) is 0 Å². The maximum atomic E-state index is 13.9. The van der Waals surface area contributed by atoms with Gasteiger partial charge < -0.3 is 4.90 Å². The van der Waals surface area contributed by atoms with Gasteiger partial charge in [0.2, 0.25) is 5.91 Å². The van der Waals surface area contributed by atoms with Crippen LogP contribution in [0.2, 0.25) is 0 Å². The molecule has 28 heavy (non-hydrogen) atoms. The lowest BCUT2D eigenvalue weighted by atomic mass is 9.88. The molecule has 2 aromatic carbocycles. The van der Waals surface area contributed by atoms with Crippen LogP contribution in [0.1, 0.15) is 35.2 Å². The molecule has 2 aromatic rings. The summed E-state index contributed by atoms with van der Waals surface area (Å²) < 4.78 is 27.0. The molecule has 1 spiro atoms. The van der Waals surface area contributed by atoms with E-state index in [1.807, 2.05) is 30.3 Å². The fourth-order valence-electron chi connectivity index (χ4n) is 3.77. The van der Waals surface area contributed by atoms with Crippen LogP contribution in [0, 0.1) is 11.6 Å². The highest BCUT2D eigenvalue weighted by Crippen LogP contribution is 2.37. The van der Waals surface area contributed by atoms with Crippen LogP contribution in [0.5, 0.6) is 0 Å². The fraction of sp³-hybridized carbons (Fsp3) is 0.333. The second-order valence-corrected chi connectivity index (χ2v) is 7.28. The van der Waals surface area contributed by atoms with Gasteiger partial charge in [-0.1, -0.05) is 30.3 Å². The Hall–Kier alpha value is -2.80. The number of likely N-dealkylation sites (tertiary alicyclic amines) is 1.